The molecule has 3 aromatic rings. The highest BCUT2D eigenvalue weighted by Crippen LogP contribution is 2.30. The molecule has 12 heteroatoms. The van der Waals surface area contributed by atoms with Crippen LogP contribution in [0.2, 0.25) is 0 Å². The standard InChI is InChI=1S/C22H25F3N6O.2ClH/c1-14-5-7-15(8-6-14)20-18(4-3-11-26-20)27-13-16-12-17(9-10-19(16)32-2)31-21(22(23,24)25)28-29-30-31;;/h5-10,12,18,20,26-27H,3-4,11,13H2,1-2H3;2*1H. The number of alkyl halides is 3. The van der Waals surface area contributed by atoms with Gasteiger partial charge in [-0.3, -0.25) is 0 Å². The summed E-state index contributed by atoms with van der Waals surface area (Å²) in [7, 11) is 1.54. The lowest BCUT2D eigenvalue weighted by atomic mass is 9.91. The van der Waals surface area contributed by atoms with Gasteiger partial charge in [-0.1, -0.05) is 29.8 Å². The molecule has 34 heavy (non-hydrogen) atoms. The SMILES string of the molecule is COc1ccc(-n2nnnc2C(F)(F)F)cc1CNC1CCCNC1c1ccc(C)cc1.Cl.Cl. The number of halogens is 5. The van der Waals surface area contributed by atoms with E-state index in [2.05, 4.69) is 57.3 Å². The maximum atomic E-state index is 13.2. The molecular weight excluding hydrogens is 492 g/mol. The Balaban J connectivity index is 0.00000204. The largest absolute Gasteiger partial charge is 0.496 e. The lowest BCUT2D eigenvalue weighted by molar-refractivity contribution is -0.146. The smallest absolute Gasteiger partial charge is 0.453 e. The number of hydrogen-bond acceptors (Lipinski definition) is 6. The monoisotopic (exact) mass is 518 g/mol. The molecule has 0 bridgehead atoms. The molecule has 1 aliphatic rings. The van der Waals surface area contributed by atoms with Crippen LogP contribution in [0.15, 0.2) is 42.5 Å². The first-order chi connectivity index (χ1) is 15.4. The number of rotatable bonds is 6. The van der Waals surface area contributed by atoms with Crippen LogP contribution in [0.5, 0.6) is 5.75 Å². The number of hydrogen-bond donors (Lipinski definition) is 2. The molecular formula is C22H27Cl2F3N6O. The number of aryl methyl sites for hydroxylation is 1. The molecule has 1 aliphatic heterocycles. The summed E-state index contributed by atoms with van der Waals surface area (Å²) in [6, 6.07) is 13.5. The molecule has 1 aromatic heterocycles. The molecule has 1 fully saturated rings. The maximum Gasteiger partial charge on any atom is 0.453 e. The summed E-state index contributed by atoms with van der Waals surface area (Å²) in [5, 5.41) is 17.0. The van der Waals surface area contributed by atoms with Crippen molar-refractivity contribution in [3.8, 4) is 11.4 Å². The molecule has 7 nitrogen and oxygen atoms in total. The number of piperidine rings is 1. The highest BCUT2D eigenvalue weighted by Gasteiger charge is 2.38. The number of tetrazole rings is 1. The van der Waals surface area contributed by atoms with Gasteiger partial charge in [-0.15, -0.1) is 29.9 Å². The normalized spacial score (nSPS) is 18.0. The van der Waals surface area contributed by atoms with Crippen LogP contribution in [-0.4, -0.2) is 39.9 Å². The Morgan fingerprint density at radius 2 is 1.88 bits per heavy atom. The fraction of sp³-hybridized carbons (Fsp3) is 0.409. The first-order valence-electron chi connectivity index (χ1n) is 10.4. The van der Waals surface area contributed by atoms with Crippen LogP contribution in [0.3, 0.4) is 0 Å². The molecule has 4 rings (SSSR count). The van der Waals surface area contributed by atoms with E-state index < -0.39 is 12.0 Å². The number of methoxy groups -OCH3 is 1. The van der Waals surface area contributed by atoms with E-state index in [0.717, 1.165) is 24.9 Å². The highest BCUT2D eigenvalue weighted by atomic mass is 35.5. The van der Waals surface area contributed by atoms with E-state index in [1.165, 1.54) is 24.3 Å². The number of nitrogens with one attached hydrogen (secondary N) is 2. The van der Waals surface area contributed by atoms with Crippen molar-refractivity contribution < 1.29 is 17.9 Å². The first kappa shape index (κ1) is 27.8. The summed E-state index contributed by atoms with van der Waals surface area (Å²) >= 11 is 0. The van der Waals surface area contributed by atoms with Crippen molar-refractivity contribution in [1.82, 2.24) is 30.8 Å². The summed E-state index contributed by atoms with van der Waals surface area (Å²) in [5.74, 6) is -0.587. The zero-order chi connectivity index (χ0) is 22.7. The van der Waals surface area contributed by atoms with Gasteiger partial charge in [0.15, 0.2) is 0 Å². The summed E-state index contributed by atoms with van der Waals surface area (Å²) in [4.78, 5) is 0. The van der Waals surface area contributed by atoms with E-state index in [4.69, 9.17) is 4.74 Å². The third-order valence-electron chi connectivity index (χ3n) is 5.68. The Bertz CT molecular complexity index is 1060. The van der Waals surface area contributed by atoms with Crippen molar-refractivity contribution in [2.45, 2.75) is 44.6 Å². The molecule has 2 N–H and O–H groups in total. The number of benzene rings is 2. The zero-order valence-electron chi connectivity index (χ0n) is 18.7. The van der Waals surface area contributed by atoms with Crippen LogP contribution in [0.25, 0.3) is 5.69 Å². The average Bonchev–Trinajstić information content (AvgIpc) is 3.29. The van der Waals surface area contributed by atoms with Gasteiger partial charge in [0.1, 0.15) is 5.75 Å². The van der Waals surface area contributed by atoms with E-state index >= 15 is 0 Å². The Hall–Kier alpha value is -2.40. The molecule has 2 unspecified atom stereocenters. The summed E-state index contributed by atoms with van der Waals surface area (Å²) in [6.45, 7) is 3.42. The van der Waals surface area contributed by atoms with Gasteiger partial charge in [-0.05, 0) is 60.5 Å². The Labute approximate surface area is 208 Å². The molecule has 0 aliphatic carbocycles. The number of ether oxygens (including phenoxy) is 1. The molecule has 2 aromatic carbocycles. The highest BCUT2D eigenvalue weighted by molar-refractivity contribution is 5.85. The number of aromatic nitrogens is 4. The minimum absolute atomic E-state index is 0. The van der Waals surface area contributed by atoms with Crippen LogP contribution in [0.1, 0.15) is 41.4 Å². The second-order valence-corrected chi connectivity index (χ2v) is 7.88. The van der Waals surface area contributed by atoms with Crippen molar-refractivity contribution in [3.63, 3.8) is 0 Å². The van der Waals surface area contributed by atoms with Gasteiger partial charge in [0.25, 0.3) is 5.82 Å². The molecule has 1 saturated heterocycles. The molecule has 0 spiro atoms. The quantitative estimate of drug-likeness (QED) is 0.502. The first-order valence-corrected chi connectivity index (χ1v) is 10.4. The second kappa shape index (κ2) is 11.8. The van der Waals surface area contributed by atoms with Gasteiger partial charge < -0.3 is 15.4 Å². The van der Waals surface area contributed by atoms with Gasteiger partial charge in [-0.25, -0.2) is 0 Å². The minimum Gasteiger partial charge on any atom is -0.496 e. The predicted molar refractivity (Wildman–Crippen MR) is 127 cm³/mol. The Morgan fingerprint density at radius 1 is 1.15 bits per heavy atom. The average molecular weight is 519 g/mol. The van der Waals surface area contributed by atoms with Crippen LogP contribution in [0.4, 0.5) is 13.2 Å². The predicted octanol–water partition coefficient (Wildman–Crippen LogP) is 4.42. The summed E-state index contributed by atoms with van der Waals surface area (Å²) in [5.41, 5.74) is 3.35. The van der Waals surface area contributed by atoms with Gasteiger partial charge in [0.2, 0.25) is 0 Å². The topological polar surface area (TPSA) is 76.9 Å². The summed E-state index contributed by atoms with van der Waals surface area (Å²) in [6.07, 6.45) is -2.63. The molecule has 0 radical (unpaired) electrons. The lowest BCUT2D eigenvalue weighted by Crippen LogP contribution is -2.45. The second-order valence-electron chi connectivity index (χ2n) is 7.88. The van der Waals surface area contributed by atoms with Crippen LogP contribution < -0.4 is 15.4 Å². The van der Waals surface area contributed by atoms with Gasteiger partial charge in [0.05, 0.1) is 12.8 Å². The van der Waals surface area contributed by atoms with E-state index in [9.17, 15) is 13.2 Å². The summed E-state index contributed by atoms with van der Waals surface area (Å²) < 4.78 is 45.8. The van der Waals surface area contributed by atoms with Gasteiger partial charge >= 0.3 is 6.18 Å². The van der Waals surface area contributed by atoms with Crippen LogP contribution >= 0.6 is 24.8 Å². The Morgan fingerprint density at radius 3 is 2.56 bits per heavy atom. The van der Waals surface area contributed by atoms with E-state index in [1.807, 2.05) is 0 Å². The third kappa shape index (κ3) is 6.18. The minimum atomic E-state index is -4.66. The van der Waals surface area contributed by atoms with Gasteiger partial charge in [0, 0.05) is 24.2 Å². The lowest BCUT2D eigenvalue weighted by Gasteiger charge is -2.34. The molecule has 0 saturated carbocycles. The number of nitrogens with zero attached hydrogens (tertiary/aromatic N) is 4. The Kier molecular flexibility index (Phi) is 9.69. The van der Waals surface area contributed by atoms with Crippen molar-refractivity contribution in [1.29, 1.82) is 0 Å². The third-order valence-corrected chi connectivity index (χ3v) is 5.68. The van der Waals surface area contributed by atoms with Gasteiger partial charge in [-0.2, -0.15) is 17.9 Å². The fourth-order valence-corrected chi connectivity index (χ4v) is 4.05. The molecule has 2 atom stereocenters. The van der Waals surface area contributed by atoms with E-state index in [-0.39, 0.29) is 42.6 Å². The molecule has 2 heterocycles. The molecule has 0 amide bonds. The zero-order valence-corrected chi connectivity index (χ0v) is 20.3. The molecule has 186 valence electrons. The fourth-order valence-electron chi connectivity index (χ4n) is 4.05. The van der Waals surface area contributed by atoms with Crippen LogP contribution in [-0.2, 0) is 12.7 Å². The maximum absolute atomic E-state index is 13.2. The van der Waals surface area contributed by atoms with Crippen molar-refractivity contribution in [3.05, 3.63) is 65.0 Å². The van der Waals surface area contributed by atoms with Crippen molar-refractivity contribution in [2.75, 3.05) is 13.7 Å². The van der Waals surface area contributed by atoms with Crippen LogP contribution in [0, 0.1) is 6.92 Å². The van der Waals surface area contributed by atoms with E-state index in [1.54, 1.807) is 12.1 Å². The van der Waals surface area contributed by atoms with Crippen molar-refractivity contribution >= 4 is 24.8 Å². The van der Waals surface area contributed by atoms with Crippen molar-refractivity contribution in [2.24, 2.45) is 0 Å². The van der Waals surface area contributed by atoms with E-state index in [0.29, 0.717) is 17.0 Å².